The molecule has 2 aromatic carbocycles. The number of hydrogen-bond donors (Lipinski definition) is 1. The minimum atomic E-state index is -0.608. The lowest BCUT2D eigenvalue weighted by Gasteiger charge is -2.24. The van der Waals surface area contributed by atoms with E-state index in [1.807, 2.05) is 23.1 Å². The van der Waals surface area contributed by atoms with Crippen LogP contribution in [-0.4, -0.2) is 44.7 Å². The van der Waals surface area contributed by atoms with Crippen LogP contribution in [0.2, 0.25) is 0 Å². The van der Waals surface area contributed by atoms with E-state index in [2.05, 4.69) is 18.3 Å². The average Bonchev–Trinajstić information content (AvgIpc) is 3.01. The number of fused-ring (bicyclic) bond motifs is 1. The first kappa shape index (κ1) is 19.4. The van der Waals surface area contributed by atoms with Gasteiger partial charge in [-0.2, -0.15) is 0 Å². The van der Waals surface area contributed by atoms with E-state index < -0.39 is 11.9 Å². The molecule has 0 saturated heterocycles. The fraction of sp³-hybridized carbons (Fsp3) is 0.286. The third kappa shape index (κ3) is 3.98. The van der Waals surface area contributed by atoms with Crippen molar-refractivity contribution in [1.29, 1.82) is 0 Å². The number of esters is 2. The Hall–Kier alpha value is -3.35. The van der Waals surface area contributed by atoms with Gasteiger partial charge in [0.1, 0.15) is 0 Å². The number of hydrogen-bond acceptors (Lipinski definition) is 6. The Labute approximate surface area is 163 Å². The standard InChI is InChI=1S/C21H22N2O5/c1-13-8-14-6-4-5-7-18(14)23(13)12-19(24)22-17-10-15(20(25)27-2)9-16(11-17)21(26)28-3/h4-7,9-11,13H,8,12H2,1-3H3,(H,22,24)/t13-/m0/s1. The number of anilines is 2. The molecule has 7 heteroatoms. The maximum Gasteiger partial charge on any atom is 0.337 e. The van der Waals surface area contributed by atoms with Gasteiger partial charge in [0, 0.05) is 17.4 Å². The summed E-state index contributed by atoms with van der Waals surface area (Å²) in [5.74, 6) is -1.46. The zero-order valence-corrected chi connectivity index (χ0v) is 16.0. The van der Waals surface area contributed by atoms with Gasteiger partial charge >= 0.3 is 11.9 Å². The molecule has 1 N–H and O–H groups in total. The second kappa shape index (κ2) is 8.12. The third-order valence-electron chi connectivity index (χ3n) is 4.72. The van der Waals surface area contributed by atoms with Crippen molar-refractivity contribution in [3.05, 3.63) is 59.2 Å². The summed E-state index contributed by atoms with van der Waals surface area (Å²) in [6, 6.07) is 12.5. The van der Waals surface area contributed by atoms with E-state index in [9.17, 15) is 14.4 Å². The molecule has 2 aromatic rings. The summed E-state index contributed by atoms with van der Waals surface area (Å²) in [7, 11) is 2.50. The SMILES string of the molecule is COC(=O)c1cc(NC(=O)CN2c3ccccc3C[C@@H]2C)cc(C(=O)OC)c1. The van der Waals surface area contributed by atoms with E-state index >= 15 is 0 Å². The van der Waals surface area contributed by atoms with Crippen molar-refractivity contribution >= 4 is 29.2 Å². The fourth-order valence-electron chi connectivity index (χ4n) is 3.40. The summed E-state index contributed by atoms with van der Waals surface area (Å²) >= 11 is 0. The lowest BCUT2D eigenvalue weighted by Crippen LogP contribution is -2.37. The van der Waals surface area contributed by atoms with Crippen molar-refractivity contribution < 1.29 is 23.9 Å². The van der Waals surface area contributed by atoms with Crippen LogP contribution in [0.5, 0.6) is 0 Å². The molecule has 0 saturated carbocycles. The van der Waals surface area contributed by atoms with Crippen molar-refractivity contribution in [1.82, 2.24) is 0 Å². The Morgan fingerprint density at radius 1 is 1.04 bits per heavy atom. The van der Waals surface area contributed by atoms with E-state index in [0.29, 0.717) is 5.69 Å². The van der Waals surface area contributed by atoms with Crippen molar-refractivity contribution in [2.45, 2.75) is 19.4 Å². The molecule has 0 fully saturated rings. The van der Waals surface area contributed by atoms with Crippen LogP contribution in [0.25, 0.3) is 0 Å². The molecule has 1 aliphatic heterocycles. The van der Waals surface area contributed by atoms with Gasteiger partial charge in [-0.05, 0) is 43.2 Å². The maximum atomic E-state index is 12.6. The monoisotopic (exact) mass is 382 g/mol. The van der Waals surface area contributed by atoms with Gasteiger partial charge in [0.15, 0.2) is 0 Å². The first-order valence-electron chi connectivity index (χ1n) is 8.89. The van der Waals surface area contributed by atoms with Gasteiger partial charge in [0.25, 0.3) is 0 Å². The number of nitrogens with zero attached hydrogens (tertiary/aromatic N) is 1. The van der Waals surface area contributed by atoms with E-state index in [1.165, 1.54) is 38.0 Å². The van der Waals surface area contributed by atoms with Crippen molar-refractivity contribution in [3.63, 3.8) is 0 Å². The third-order valence-corrected chi connectivity index (χ3v) is 4.72. The van der Waals surface area contributed by atoms with Crippen LogP contribution in [0.3, 0.4) is 0 Å². The summed E-state index contributed by atoms with van der Waals surface area (Å²) in [5, 5.41) is 2.76. The predicted molar refractivity (Wildman–Crippen MR) is 105 cm³/mol. The zero-order valence-electron chi connectivity index (χ0n) is 16.0. The van der Waals surface area contributed by atoms with Crippen LogP contribution >= 0.6 is 0 Å². The van der Waals surface area contributed by atoms with Crippen LogP contribution in [0.15, 0.2) is 42.5 Å². The van der Waals surface area contributed by atoms with Crippen LogP contribution in [-0.2, 0) is 20.7 Å². The molecule has 28 heavy (non-hydrogen) atoms. The molecule has 146 valence electrons. The van der Waals surface area contributed by atoms with Gasteiger partial charge in [-0.3, -0.25) is 4.79 Å². The second-order valence-corrected chi connectivity index (χ2v) is 6.64. The summed E-state index contributed by atoms with van der Waals surface area (Å²) in [6.07, 6.45) is 0.883. The van der Waals surface area contributed by atoms with Crippen LogP contribution in [0, 0.1) is 0 Å². The van der Waals surface area contributed by atoms with Crippen LogP contribution < -0.4 is 10.2 Å². The Morgan fingerprint density at radius 3 is 2.25 bits per heavy atom. The number of ether oxygens (including phenoxy) is 2. The molecule has 7 nitrogen and oxygen atoms in total. The van der Waals surface area contributed by atoms with Crippen molar-refractivity contribution in [3.8, 4) is 0 Å². The van der Waals surface area contributed by atoms with Gasteiger partial charge in [-0.1, -0.05) is 18.2 Å². The summed E-state index contributed by atoms with van der Waals surface area (Å²) in [6.45, 7) is 2.23. The number of nitrogens with one attached hydrogen (secondary N) is 1. The second-order valence-electron chi connectivity index (χ2n) is 6.64. The number of carbonyl (C=O) groups excluding carboxylic acids is 3. The smallest absolute Gasteiger partial charge is 0.337 e. The van der Waals surface area contributed by atoms with E-state index in [-0.39, 0.29) is 29.6 Å². The molecule has 0 radical (unpaired) electrons. The molecule has 1 amide bonds. The zero-order chi connectivity index (χ0) is 20.3. The molecule has 1 heterocycles. The van der Waals surface area contributed by atoms with Gasteiger partial charge < -0.3 is 19.7 Å². The number of para-hydroxylation sites is 1. The largest absolute Gasteiger partial charge is 0.465 e. The molecule has 0 aromatic heterocycles. The van der Waals surface area contributed by atoms with Crippen LogP contribution in [0.4, 0.5) is 11.4 Å². The highest BCUT2D eigenvalue weighted by Gasteiger charge is 2.27. The highest BCUT2D eigenvalue weighted by molar-refractivity contribution is 6.00. The molecular weight excluding hydrogens is 360 g/mol. The summed E-state index contributed by atoms with van der Waals surface area (Å²) in [5.41, 5.74) is 2.89. The average molecular weight is 382 g/mol. The minimum absolute atomic E-state index is 0.153. The van der Waals surface area contributed by atoms with E-state index in [0.717, 1.165) is 12.1 Å². The van der Waals surface area contributed by atoms with Gasteiger partial charge in [-0.15, -0.1) is 0 Å². The predicted octanol–water partition coefficient (Wildman–Crippen LogP) is 2.65. The first-order valence-corrected chi connectivity index (χ1v) is 8.89. The lowest BCUT2D eigenvalue weighted by atomic mass is 10.1. The minimum Gasteiger partial charge on any atom is -0.465 e. The fourth-order valence-corrected chi connectivity index (χ4v) is 3.40. The van der Waals surface area contributed by atoms with Crippen LogP contribution in [0.1, 0.15) is 33.2 Å². The molecule has 1 aliphatic rings. The Balaban J connectivity index is 1.80. The maximum absolute atomic E-state index is 12.6. The quantitative estimate of drug-likeness (QED) is 0.801. The lowest BCUT2D eigenvalue weighted by molar-refractivity contribution is -0.115. The molecular formula is C21H22N2O5. The van der Waals surface area contributed by atoms with Gasteiger partial charge in [0.2, 0.25) is 5.91 Å². The molecule has 0 aliphatic carbocycles. The summed E-state index contributed by atoms with van der Waals surface area (Å²) in [4.78, 5) is 38.4. The number of rotatable bonds is 5. The van der Waals surface area contributed by atoms with Gasteiger partial charge in [-0.25, -0.2) is 9.59 Å². The molecule has 0 spiro atoms. The number of carbonyl (C=O) groups is 3. The first-order chi connectivity index (χ1) is 13.4. The molecule has 3 rings (SSSR count). The topological polar surface area (TPSA) is 84.9 Å². The highest BCUT2D eigenvalue weighted by atomic mass is 16.5. The molecule has 0 unspecified atom stereocenters. The molecule has 1 atom stereocenters. The number of benzene rings is 2. The Morgan fingerprint density at radius 2 is 1.64 bits per heavy atom. The van der Waals surface area contributed by atoms with E-state index in [1.54, 1.807) is 0 Å². The van der Waals surface area contributed by atoms with E-state index in [4.69, 9.17) is 9.47 Å². The number of methoxy groups -OCH3 is 2. The van der Waals surface area contributed by atoms with Crippen molar-refractivity contribution in [2.75, 3.05) is 31.0 Å². The Kier molecular flexibility index (Phi) is 5.63. The molecule has 0 bridgehead atoms. The Bertz CT molecular complexity index is 891. The number of amides is 1. The highest BCUT2D eigenvalue weighted by Crippen LogP contribution is 2.31. The summed E-state index contributed by atoms with van der Waals surface area (Å²) < 4.78 is 9.43. The van der Waals surface area contributed by atoms with Gasteiger partial charge in [0.05, 0.1) is 31.9 Å². The normalized spacial score (nSPS) is 15.0. The van der Waals surface area contributed by atoms with Crippen molar-refractivity contribution in [2.24, 2.45) is 0 Å².